The molecule has 2 amide bonds. The van der Waals surface area contributed by atoms with Gasteiger partial charge in [-0.3, -0.25) is 14.4 Å². The summed E-state index contributed by atoms with van der Waals surface area (Å²) < 4.78 is 0. The Morgan fingerprint density at radius 3 is 2.62 bits per heavy atom. The molecule has 24 heavy (non-hydrogen) atoms. The summed E-state index contributed by atoms with van der Waals surface area (Å²) in [5, 5.41) is 12.3. The number of hydrogen-bond donors (Lipinski definition) is 2. The zero-order chi connectivity index (χ0) is 18.0. The van der Waals surface area contributed by atoms with Gasteiger partial charge < -0.3 is 15.3 Å². The lowest BCUT2D eigenvalue weighted by Gasteiger charge is -2.27. The average Bonchev–Trinajstić information content (AvgIpc) is 2.82. The maximum Gasteiger partial charge on any atom is 0.308 e. The summed E-state index contributed by atoms with van der Waals surface area (Å²) in [5.74, 6) is -2.72. The normalized spacial score (nSPS) is 23.0. The van der Waals surface area contributed by atoms with Crippen molar-refractivity contribution >= 4 is 29.4 Å². The van der Waals surface area contributed by atoms with Crippen LogP contribution in [0, 0.1) is 11.8 Å². The minimum Gasteiger partial charge on any atom is -0.481 e. The number of benzene rings is 1. The van der Waals surface area contributed by atoms with Crippen molar-refractivity contribution in [3.05, 3.63) is 34.9 Å². The molecular weight excluding hydrogens is 332 g/mol. The van der Waals surface area contributed by atoms with E-state index in [1.54, 1.807) is 37.1 Å². The van der Waals surface area contributed by atoms with Gasteiger partial charge in [0.15, 0.2) is 0 Å². The van der Waals surface area contributed by atoms with E-state index in [2.05, 4.69) is 5.32 Å². The van der Waals surface area contributed by atoms with Gasteiger partial charge in [-0.05, 0) is 31.5 Å². The Hall–Kier alpha value is -2.08. The van der Waals surface area contributed by atoms with Gasteiger partial charge in [-0.1, -0.05) is 23.7 Å². The van der Waals surface area contributed by atoms with Crippen molar-refractivity contribution in [2.45, 2.75) is 32.4 Å². The third kappa shape index (κ3) is 3.70. The first kappa shape index (κ1) is 18.3. The second-order valence-electron chi connectivity index (χ2n) is 6.24. The number of carboxylic acid groups (broad SMARTS) is 1. The van der Waals surface area contributed by atoms with Gasteiger partial charge in [-0.2, -0.15) is 0 Å². The van der Waals surface area contributed by atoms with Crippen LogP contribution in [0.4, 0.5) is 0 Å². The van der Waals surface area contributed by atoms with Gasteiger partial charge in [-0.15, -0.1) is 0 Å². The third-order valence-corrected chi connectivity index (χ3v) is 4.86. The predicted molar refractivity (Wildman–Crippen MR) is 89.5 cm³/mol. The number of likely N-dealkylation sites (tertiary alicyclic amines) is 1. The van der Waals surface area contributed by atoms with Crippen LogP contribution in [-0.4, -0.2) is 40.9 Å². The molecule has 6 nitrogen and oxygen atoms in total. The molecule has 2 rings (SSSR count). The van der Waals surface area contributed by atoms with E-state index in [4.69, 9.17) is 16.7 Å². The molecule has 7 heteroatoms. The molecule has 0 bridgehead atoms. The molecule has 1 aliphatic heterocycles. The number of carbonyl (C=O) groups is 3. The molecular formula is C17H21ClN2O4. The third-order valence-electron chi connectivity index (χ3n) is 4.62. The second kappa shape index (κ2) is 7.21. The number of nitrogens with one attached hydrogen (secondary N) is 1. The minimum atomic E-state index is -0.978. The highest BCUT2D eigenvalue weighted by Gasteiger charge is 2.43. The molecule has 0 spiro atoms. The molecule has 1 aromatic rings. The van der Waals surface area contributed by atoms with E-state index in [1.165, 1.54) is 6.92 Å². The molecule has 1 fully saturated rings. The van der Waals surface area contributed by atoms with Crippen LogP contribution in [0.3, 0.4) is 0 Å². The van der Waals surface area contributed by atoms with Gasteiger partial charge in [0.1, 0.15) is 0 Å². The second-order valence-corrected chi connectivity index (χ2v) is 6.68. The molecule has 4 atom stereocenters. The van der Waals surface area contributed by atoms with Crippen LogP contribution in [0.15, 0.2) is 24.3 Å². The number of carboxylic acids is 1. The van der Waals surface area contributed by atoms with Crippen LogP contribution in [-0.2, 0) is 14.4 Å². The van der Waals surface area contributed by atoms with Crippen molar-refractivity contribution in [1.29, 1.82) is 0 Å². The summed E-state index contributed by atoms with van der Waals surface area (Å²) in [5.41, 5.74) is 0.787. The number of halogens is 1. The fourth-order valence-electron chi connectivity index (χ4n) is 2.92. The molecule has 130 valence electrons. The molecule has 0 radical (unpaired) electrons. The van der Waals surface area contributed by atoms with Crippen LogP contribution < -0.4 is 5.32 Å². The standard InChI is InChI=1S/C17H21ClN2O4/c1-9(17(23)24)10(2)19-16(22)13-8-14(21)20(3)15(13)11-5-4-6-12(18)7-11/h4-7,9-10,13,15H,8H2,1-3H3,(H,19,22)(H,23,24). The zero-order valence-electron chi connectivity index (χ0n) is 13.8. The summed E-state index contributed by atoms with van der Waals surface area (Å²) in [4.78, 5) is 37.3. The van der Waals surface area contributed by atoms with Gasteiger partial charge in [0, 0.05) is 24.5 Å². The quantitative estimate of drug-likeness (QED) is 0.849. The van der Waals surface area contributed by atoms with E-state index < -0.39 is 29.9 Å². The maximum atomic E-state index is 12.6. The molecule has 1 aliphatic rings. The average molecular weight is 353 g/mol. The number of hydrogen-bond acceptors (Lipinski definition) is 3. The number of carbonyl (C=O) groups excluding carboxylic acids is 2. The molecule has 1 aromatic carbocycles. The van der Waals surface area contributed by atoms with E-state index in [9.17, 15) is 14.4 Å². The van der Waals surface area contributed by atoms with Gasteiger partial charge in [-0.25, -0.2) is 0 Å². The predicted octanol–water partition coefficient (Wildman–Crippen LogP) is 2.08. The number of amides is 2. The Balaban J connectivity index is 2.22. The van der Waals surface area contributed by atoms with Gasteiger partial charge in [0.05, 0.1) is 17.9 Å². The molecule has 0 aromatic heterocycles. The first-order valence-corrected chi connectivity index (χ1v) is 8.14. The lowest BCUT2D eigenvalue weighted by Crippen LogP contribution is -2.44. The first-order valence-electron chi connectivity index (χ1n) is 7.76. The van der Waals surface area contributed by atoms with E-state index in [-0.39, 0.29) is 18.2 Å². The Kier molecular flexibility index (Phi) is 5.49. The molecule has 0 aliphatic carbocycles. The maximum absolute atomic E-state index is 12.6. The van der Waals surface area contributed by atoms with Gasteiger partial charge in [0.25, 0.3) is 0 Å². The molecule has 4 unspecified atom stereocenters. The molecule has 0 saturated carbocycles. The van der Waals surface area contributed by atoms with Crippen molar-refractivity contribution in [3.8, 4) is 0 Å². The topological polar surface area (TPSA) is 86.7 Å². The lowest BCUT2D eigenvalue weighted by molar-refractivity contribution is -0.142. The summed E-state index contributed by atoms with van der Waals surface area (Å²) in [6, 6.07) is 6.13. The van der Waals surface area contributed by atoms with E-state index >= 15 is 0 Å². The zero-order valence-corrected chi connectivity index (χ0v) is 14.6. The van der Waals surface area contributed by atoms with E-state index in [1.807, 2.05) is 6.07 Å². The summed E-state index contributed by atoms with van der Waals surface area (Å²) in [7, 11) is 1.66. The van der Waals surface area contributed by atoms with Crippen LogP contribution >= 0.6 is 11.6 Å². The van der Waals surface area contributed by atoms with Crippen LogP contribution in [0.25, 0.3) is 0 Å². The highest BCUT2D eigenvalue weighted by Crippen LogP contribution is 2.38. The SMILES string of the molecule is CC(NC(=O)C1CC(=O)N(C)C1c1cccc(Cl)c1)C(C)C(=O)O. The highest BCUT2D eigenvalue weighted by atomic mass is 35.5. The first-order chi connectivity index (χ1) is 11.2. The van der Waals surface area contributed by atoms with E-state index in [0.717, 1.165) is 5.56 Å². The van der Waals surface area contributed by atoms with Crippen molar-refractivity contribution in [1.82, 2.24) is 10.2 Å². The Morgan fingerprint density at radius 1 is 1.38 bits per heavy atom. The van der Waals surface area contributed by atoms with Crippen LogP contribution in [0.1, 0.15) is 31.9 Å². The Labute approximate surface area is 145 Å². The molecule has 1 saturated heterocycles. The smallest absolute Gasteiger partial charge is 0.308 e. The Bertz CT molecular complexity index is 664. The van der Waals surface area contributed by atoms with Gasteiger partial charge >= 0.3 is 5.97 Å². The monoisotopic (exact) mass is 352 g/mol. The van der Waals surface area contributed by atoms with Crippen molar-refractivity contribution in [2.24, 2.45) is 11.8 Å². The number of rotatable bonds is 5. The lowest BCUT2D eigenvalue weighted by atomic mass is 9.92. The highest BCUT2D eigenvalue weighted by molar-refractivity contribution is 6.30. The van der Waals surface area contributed by atoms with Crippen LogP contribution in [0.5, 0.6) is 0 Å². The molecule has 1 heterocycles. The van der Waals surface area contributed by atoms with Crippen LogP contribution in [0.2, 0.25) is 5.02 Å². The summed E-state index contributed by atoms with van der Waals surface area (Å²) >= 11 is 6.03. The van der Waals surface area contributed by atoms with Crippen molar-refractivity contribution in [3.63, 3.8) is 0 Å². The fourth-order valence-corrected chi connectivity index (χ4v) is 3.12. The number of nitrogens with zero attached hydrogens (tertiary/aromatic N) is 1. The van der Waals surface area contributed by atoms with E-state index in [0.29, 0.717) is 5.02 Å². The summed E-state index contributed by atoms with van der Waals surface area (Å²) in [6.45, 7) is 3.18. The van der Waals surface area contributed by atoms with Gasteiger partial charge in [0.2, 0.25) is 11.8 Å². The fraction of sp³-hybridized carbons (Fsp3) is 0.471. The van der Waals surface area contributed by atoms with Crippen molar-refractivity contribution in [2.75, 3.05) is 7.05 Å². The van der Waals surface area contributed by atoms with Crippen molar-refractivity contribution < 1.29 is 19.5 Å². The molecule has 2 N–H and O–H groups in total. The Morgan fingerprint density at radius 2 is 2.04 bits per heavy atom. The summed E-state index contributed by atoms with van der Waals surface area (Å²) in [6.07, 6.45) is 0.0910. The minimum absolute atomic E-state index is 0.0910. The number of aliphatic carboxylic acids is 1. The largest absolute Gasteiger partial charge is 0.481 e.